The minimum Gasteiger partial charge on any atom is -0.352 e. The van der Waals surface area contributed by atoms with Crippen LogP contribution < -0.4 is 9.62 Å². The Morgan fingerprint density at radius 2 is 1.78 bits per heavy atom. The van der Waals surface area contributed by atoms with Gasteiger partial charge in [-0.2, -0.15) is 0 Å². The van der Waals surface area contributed by atoms with Crippen molar-refractivity contribution in [1.82, 2.24) is 10.2 Å². The Bertz CT molecular complexity index is 1170. The van der Waals surface area contributed by atoms with Crippen LogP contribution in [0.5, 0.6) is 0 Å². The molecule has 0 unspecified atom stereocenters. The molecule has 0 radical (unpaired) electrons. The molecule has 1 aliphatic rings. The minimum absolute atomic E-state index is 0.0365. The molecule has 1 fully saturated rings. The highest BCUT2D eigenvalue weighted by Gasteiger charge is 2.28. The highest BCUT2D eigenvalue weighted by atomic mass is 35.5. The van der Waals surface area contributed by atoms with Crippen LogP contribution in [0.25, 0.3) is 0 Å². The molecule has 202 valence electrons. The fraction of sp³-hybridized carbons (Fsp3) is 0.481. The molecule has 37 heavy (non-hydrogen) atoms. The molecule has 7 nitrogen and oxygen atoms in total. The molecule has 0 bridgehead atoms. The molecule has 10 heteroatoms. The zero-order valence-corrected chi connectivity index (χ0v) is 22.9. The maximum atomic E-state index is 13.4. The molecule has 0 spiro atoms. The van der Waals surface area contributed by atoms with Crippen molar-refractivity contribution < 1.29 is 22.4 Å². The number of carbonyl (C=O) groups is 2. The summed E-state index contributed by atoms with van der Waals surface area (Å²) in [4.78, 5) is 27.9. The number of carbonyl (C=O) groups excluding carboxylic acids is 2. The molecule has 1 N–H and O–H groups in total. The van der Waals surface area contributed by atoms with E-state index in [1.54, 1.807) is 43.3 Å². The third-order valence-electron chi connectivity index (χ3n) is 6.63. The lowest BCUT2D eigenvalue weighted by Crippen LogP contribution is -2.50. The van der Waals surface area contributed by atoms with Gasteiger partial charge in [0.25, 0.3) is 0 Å². The van der Waals surface area contributed by atoms with E-state index in [1.807, 2.05) is 0 Å². The second kappa shape index (κ2) is 13.2. The van der Waals surface area contributed by atoms with Crippen LogP contribution in [0, 0.1) is 5.82 Å². The first-order valence-corrected chi connectivity index (χ1v) is 14.8. The van der Waals surface area contributed by atoms with Gasteiger partial charge in [-0.3, -0.25) is 13.9 Å². The van der Waals surface area contributed by atoms with Gasteiger partial charge < -0.3 is 10.2 Å². The maximum absolute atomic E-state index is 13.4. The van der Waals surface area contributed by atoms with Crippen LogP contribution in [0.4, 0.5) is 10.1 Å². The van der Waals surface area contributed by atoms with Crippen molar-refractivity contribution in [3.05, 3.63) is 64.9 Å². The highest BCUT2D eigenvalue weighted by Crippen LogP contribution is 2.23. The average Bonchev–Trinajstić information content (AvgIpc) is 2.85. The Morgan fingerprint density at radius 1 is 1.11 bits per heavy atom. The normalized spacial score (nSPS) is 15.1. The lowest BCUT2D eigenvalue weighted by atomic mass is 9.95. The number of nitrogens with zero attached hydrogens (tertiary/aromatic N) is 2. The molecule has 0 heterocycles. The first-order chi connectivity index (χ1) is 17.5. The molecule has 1 saturated carbocycles. The van der Waals surface area contributed by atoms with E-state index in [-0.39, 0.29) is 49.6 Å². The monoisotopic (exact) mass is 551 g/mol. The van der Waals surface area contributed by atoms with Gasteiger partial charge in [0.2, 0.25) is 21.8 Å². The van der Waals surface area contributed by atoms with Crippen LogP contribution in [0.2, 0.25) is 5.02 Å². The van der Waals surface area contributed by atoms with E-state index in [9.17, 15) is 22.4 Å². The fourth-order valence-corrected chi connectivity index (χ4v) is 5.71. The second-order valence-electron chi connectivity index (χ2n) is 9.59. The standard InChI is InChI=1S/C27H35ClFN3O4S/c1-20(27(34)30-24-9-4-3-5-10-24)31(19-21-13-15-23(29)16-14-21)26(33)12-7-17-32(37(2,35)36)25-11-6-8-22(28)18-25/h6,8,11,13-16,18,20,24H,3-5,7,9-10,12,17,19H2,1-2H3,(H,30,34)/t20-/m0/s1. The number of nitrogens with one attached hydrogen (secondary N) is 1. The average molecular weight is 552 g/mol. The van der Waals surface area contributed by atoms with Crippen LogP contribution in [-0.2, 0) is 26.2 Å². The van der Waals surface area contributed by atoms with Crippen molar-refractivity contribution in [3.63, 3.8) is 0 Å². The van der Waals surface area contributed by atoms with E-state index in [0.29, 0.717) is 16.3 Å². The minimum atomic E-state index is -3.60. The summed E-state index contributed by atoms with van der Waals surface area (Å²) in [6.45, 7) is 1.91. The Balaban J connectivity index is 1.71. The van der Waals surface area contributed by atoms with Gasteiger partial charge in [0, 0.05) is 30.6 Å². The molecular formula is C27H35ClFN3O4S. The van der Waals surface area contributed by atoms with E-state index in [0.717, 1.165) is 38.4 Å². The largest absolute Gasteiger partial charge is 0.352 e. The van der Waals surface area contributed by atoms with Crippen molar-refractivity contribution in [2.45, 2.75) is 70.5 Å². The van der Waals surface area contributed by atoms with E-state index >= 15 is 0 Å². The summed E-state index contributed by atoms with van der Waals surface area (Å²) in [5, 5.41) is 3.48. The van der Waals surface area contributed by atoms with Crippen LogP contribution in [0.15, 0.2) is 48.5 Å². The van der Waals surface area contributed by atoms with Crippen LogP contribution in [-0.4, -0.2) is 50.0 Å². The molecule has 2 aromatic rings. The van der Waals surface area contributed by atoms with E-state index in [1.165, 1.54) is 21.3 Å². The first-order valence-electron chi connectivity index (χ1n) is 12.6. The Labute approximate surface area is 224 Å². The zero-order valence-electron chi connectivity index (χ0n) is 21.3. The highest BCUT2D eigenvalue weighted by molar-refractivity contribution is 7.92. The quantitative estimate of drug-likeness (QED) is 0.431. The van der Waals surface area contributed by atoms with E-state index < -0.39 is 16.1 Å². The zero-order chi connectivity index (χ0) is 27.0. The number of halogens is 2. The van der Waals surface area contributed by atoms with Crippen molar-refractivity contribution in [3.8, 4) is 0 Å². The lowest BCUT2D eigenvalue weighted by molar-refractivity contribution is -0.141. The van der Waals surface area contributed by atoms with Gasteiger partial charge in [-0.05, 0) is 62.1 Å². The smallest absolute Gasteiger partial charge is 0.242 e. The SMILES string of the molecule is C[C@@H](C(=O)NC1CCCCC1)N(Cc1ccc(F)cc1)C(=O)CCCN(c1cccc(Cl)c1)S(C)(=O)=O. The van der Waals surface area contributed by atoms with Crippen LogP contribution >= 0.6 is 11.6 Å². The van der Waals surface area contributed by atoms with Gasteiger partial charge in [0.05, 0.1) is 11.9 Å². The molecule has 3 rings (SSSR count). The van der Waals surface area contributed by atoms with E-state index in [4.69, 9.17) is 11.6 Å². The molecule has 0 aliphatic heterocycles. The molecule has 0 aromatic heterocycles. The van der Waals surface area contributed by atoms with Gasteiger partial charge in [0.15, 0.2) is 0 Å². The maximum Gasteiger partial charge on any atom is 0.242 e. The molecule has 2 aromatic carbocycles. The predicted molar refractivity (Wildman–Crippen MR) is 144 cm³/mol. The Hall–Kier alpha value is -2.65. The number of amides is 2. The van der Waals surface area contributed by atoms with Gasteiger partial charge in [-0.25, -0.2) is 12.8 Å². The third kappa shape index (κ3) is 8.71. The molecule has 1 atom stereocenters. The van der Waals surface area contributed by atoms with Crippen LogP contribution in [0.1, 0.15) is 57.4 Å². The van der Waals surface area contributed by atoms with Gasteiger partial charge in [0.1, 0.15) is 11.9 Å². The number of sulfonamides is 1. The number of benzene rings is 2. The summed E-state index contributed by atoms with van der Waals surface area (Å²) in [6, 6.07) is 11.7. The lowest BCUT2D eigenvalue weighted by Gasteiger charge is -2.31. The summed E-state index contributed by atoms with van der Waals surface area (Å²) in [6.07, 6.45) is 6.54. The van der Waals surface area contributed by atoms with Gasteiger partial charge in [-0.1, -0.05) is 49.1 Å². The molecule has 2 amide bonds. The van der Waals surface area contributed by atoms with Gasteiger partial charge in [-0.15, -0.1) is 0 Å². The summed E-state index contributed by atoms with van der Waals surface area (Å²) in [5.74, 6) is -0.888. The first kappa shape index (κ1) is 28.9. The Morgan fingerprint density at radius 3 is 2.41 bits per heavy atom. The number of rotatable bonds is 11. The molecule has 1 aliphatic carbocycles. The molecular weight excluding hydrogens is 517 g/mol. The predicted octanol–water partition coefficient (Wildman–Crippen LogP) is 4.89. The summed E-state index contributed by atoms with van der Waals surface area (Å²) >= 11 is 6.04. The summed E-state index contributed by atoms with van der Waals surface area (Å²) < 4.78 is 39.5. The van der Waals surface area contributed by atoms with Crippen molar-refractivity contribution in [1.29, 1.82) is 0 Å². The van der Waals surface area contributed by atoms with Crippen molar-refractivity contribution in [2.75, 3.05) is 17.1 Å². The van der Waals surface area contributed by atoms with Crippen molar-refractivity contribution in [2.24, 2.45) is 0 Å². The Kier molecular flexibility index (Phi) is 10.3. The summed E-state index contributed by atoms with van der Waals surface area (Å²) in [7, 11) is -3.60. The van der Waals surface area contributed by atoms with Gasteiger partial charge >= 0.3 is 0 Å². The number of anilines is 1. The topological polar surface area (TPSA) is 86.8 Å². The number of hydrogen-bond acceptors (Lipinski definition) is 4. The van der Waals surface area contributed by atoms with Crippen molar-refractivity contribution >= 4 is 39.1 Å². The third-order valence-corrected chi connectivity index (χ3v) is 8.06. The summed E-state index contributed by atoms with van der Waals surface area (Å²) in [5.41, 5.74) is 1.12. The van der Waals surface area contributed by atoms with Crippen LogP contribution in [0.3, 0.4) is 0 Å². The fourth-order valence-electron chi connectivity index (χ4n) is 4.57. The number of hydrogen-bond donors (Lipinski definition) is 1. The van der Waals surface area contributed by atoms with E-state index in [2.05, 4.69) is 5.32 Å². The molecule has 0 saturated heterocycles. The second-order valence-corrected chi connectivity index (χ2v) is 11.9.